The molecule has 2 aromatic carbocycles. The van der Waals surface area contributed by atoms with Gasteiger partial charge in [0.25, 0.3) is 0 Å². The molecule has 0 amide bonds. The second kappa shape index (κ2) is 9.02. The average Bonchev–Trinajstić information content (AvgIpc) is 2.58. The van der Waals surface area contributed by atoms with Gasteiger partial charge < -0.3 is 10.2 Å². The number of rotatable bonds is 9. The van der Waals surface area contributed by atoms with Gasteiger partial charge in [0, 0.05) is 0 Å². The normalized spacial score (nSPS) is 10.6. The number of aryl methyl sites for hydroxylation is 1. The second-order valence-electron chi connectivity index (χ2n) is 6.22. The molecule has 2 rings (SSSR count). The van der Waals surface area contributed by atoms with Crippen LogP contribution in [0.5, 0.6) is 0 Å². The van der Waals surface area contributed by atoms with Crippen LogP contribution in [0.3, 0.4) is 0 Å². The summed E-state index contributed by atoms with van der Waals surface area (Å²) in [6.45, 7) is 2.15. The summed E-state index contributed by atoms with van der Waals surface area (Å²) in [5.41, 5.74) is 3.59. The van der Waals surface area contributed by atoms with E-state index in [9.17, 15) is 14.7 Å². The number of unbranched alkanes of at least 4 members (excludes halogenated alkanes) is 3. The number of hydrogen-bond donors (Lipinski definition) is 2. The molecular weight excluding hydrogens is 316 g/mol. The molecule has 0 saturated heterocycles. The van der Waals surface area contributed by atoms with E-state index < -0.39 is 11.9 Å². The van der Waals surface area contributed by atoms with Crippen LogP contribution in [-0.4, -0.2) is 22.2 Å². The largest absolute Gasteiger partial charge is 0.481 e. The molecule has 132 valence electrons. The molecule has 0 radical (unpaired) electrons. The van der Waals surface area contributed by atoms with E-state index in [-0.39, 0.29) is 12.0 Å². The lowest BCUT2D eigenvalue weighted by atomic mass is 9.91. The van der Waals surface area contributed by atoms with Crippen LogP contribution in [0.4, 0.5) is 0 Å². The third-order valence-corrected chi connectivity index (χ3v) is 4.27. The maximum Gasteiger partial charge on any atom is 0.336 e. The molecule has 0 heterocycles. The Morgan fingerprint density at radius 2 is 1.68 bits per heavy atom. The van der Waals surface area contributed by atoms with E-state index in [1.165, 1.54) is 0 Å². The topological polar surface area (TPSA) is 74.6 Å². The van der Waals surface area contributed by atoms with Crippen molar-refractivity contribution in [3.63, 3.8) is 0 Å². The Labute approximate surface area is 148 Å². The minimum atomic E-state index is -0.956. The number of carboxylic acids is 2. The van der Waals surface area contributed by atoms with Crippen molar-refractivity contribution < 1.29 is 19.8 Å². The first kappa shape index (κ1) is 18.7. The summed E-state index contributed by atoms with van der Waals surface area (Å²) in [5, 5.41) is 18.5. The predicted octanol–water partition coefficient (Wildman–Crippen LogP) is 4.80. The highest BCUT2D eigenvalue weighted by Gasteiger charge is 2.15. The fraction of sp³-hybridized carbons (Fsp3) is 0.333. The van der Waals surface area contributed by atoms with E-state index in [1.54, 1.807) is 18.2 Å². The maximum absolute atomic E-state index is 11.5. The Balaban J connectivity index is 2.41. The van der Waals surface area contributed by atoms with Crippen LogP contribution >= 0.6 is 0 Å². The van der Waals surface area contributed by atoms with E-state index >= 15 is 0 Å². The third kappa shape index (κ3) is 5.18. The molecule has 0 unspecified atom stereocenters. The summed E-state index contributed by atoms with van der Waals surface area (Å²) >= 11 is 0. The molecule has 2 aromatic rings. The van der Waals surface area contributed by atoms with Gasteiger partial charge in [0.15, 0.2) is 0 Å². The number of aliphatic carboxylic acids is 1. The highest BCUT2D eigenvalue weighted by molar-refractivity contribution is 5.96. The fourth-order valence-electron chi connectivity index (χ4n) is 3.05. The number of carbonyl (C=O) groups is 2. The molecule has 0 aliphatic carbocycles. The highest BCUT2D eigenvalue weighted by Crippen LogP contribution is 2.29. The summed E-state index contributed by atoms with van der Waals surface area (Å²) in [6, 6.07) is 12.5. The van der Waals surface area contributed by atoms with Crippen LogP contribution in [0.2, 0.25) is 0 Å². The quantitative estimate of drug-likeness (QED) is 0.643. The van der Waals surface area contributed by atoms with Gasteiger partial charge in [-0.1, -0.05) is 62.6 Å². The standard InChI is InChI=1S/C21H24O4/c1-2-3-4-5-8-16-13-15(14-20(22)23)11-12-17(16)18-9-6-7-10-19(18)21(24)25/h6-7,9-13H,2-5,8,14H2,1H3,(H,22,23)(H,24,25). The molecule has 0 atom stereocenters. The third-order valence-electron chi connectivity index (χ3n) is 4.27. The number of carboxylic acid groups (broad SMARTS) is 2. The van der Waals surface area contributed by atoms with Crippen molar-refractivity contribution in [2.75, 3.05) is 0 Å². The van der Waals surface area contributed by atoms with E-state index in [1.807, 2.05) is 24.3 Å². The monoisotopic (exact) mass is 340 g/mol. The van der Waals surface area contributed by atoms with Gasteiger partial charge in [0.1, 0.15) is 0 Å². The van der Waals surface area contributed by atoms with Crippen molar-refractivity contribution >= 4 is 11.9 Å². The lowest BCUT2D eigenvalue weighted by molar-refractivity contribution is -0.136. The molecule has 2 N–H and O–H groups in total. The lowest BCUT2D eigenvalue weighted by Gasteiger charge is -2.14. The molecular formula is C21H24O4. The van der Waals surface area contributed by atoms with Gasteiger partial charge in [-0.3, -0.25) is 4.79 Å². The molecule has 25 heavy (non-hydrogen) atoms. The van der Waals surface area contributed by atoms with Crippen molar-refractivity contribution in [3.05, 3.63) is 59.2 Å². The molecule has 0 aromatic heterocycles. The first-order chi connectivity index (χ1) is 12.0. The molecule has 0 aliphatic heterocycles. The Kier molecular flexibility index (Phi) is 6.75. The lowest BCUT2D eigenvalue weighted by Crippen LogP contribution is -2.04. The minimum absolute atomic E-state index is 0.0250. The van der Waals surface area contributed by atoms with Gasteiger partial charge in [-0.2, -0.15) is 0 Å². The van der Waals surface area contributed by atoms with E-state index in [0.29, 0.717) is 5.56 Å². The minimum Gasteiger partial charge on any atom is -0.481 e. The molecule has 0 aliphatic rings. The molecule has 0 fully saturated rings. The summed E-state index contributed by atoms with van der Waals surface area (Å²) in [4.78, 5) is 22.5. The number of benzene rings is 2. The van der Waals surface area contributed by atoms with Crippen LogP contribution in [0.25, 0.3) is 11.1 Å². The molecule has 4 nitrogen and oxygen atoms in total. The highest BCUT2D eigenvalue weighted by atomic mass is 16.4. The average molecular weight is 340 g/mol. The molecule has 0 saturated carbocycles. The summed E-state index contributed by atoms with van der Waals surface area (Å²) in [5.74, 6) is -1.82. The molecule has 0 spiro atoms. The number of hydrogen-bond acceptors (Lipinski definition) is 2. The first-order valence-corrected chi connectivity index (χ1v) is 8.69. The van der Waals surface area contributed by atoms with Gasteiger partial charge in [0.05, 0.1) is 12.0 Å². The van der Waals surface area contributed by atoms with Crippen molar-refractivity contribution in [3.8, 4) is 11.1 Å². The summed E-state index contributed by atoms with van der Waals surface area (Å²) in [6.07, 6.45) is 5.22. The van der Waals surface area contributed by atoms with Gasteiger partial charge in [-0.05, 0) is 41.2 Å². The Bertz CT molecular complexity index is 749. The molecule has 4 heteroatoms. The summed E-state index contributed by atoms with van der Waals surface area (Å²) in [7, 11) is 0. The van der Waals surface area contributed by atoms with E-state index in [0.717, 1.165) is 48.8 Å². The van der Waals surface area contributed by atoms with Crippen molar-refractivity contribution in [2.24, 2.45) is 0 Å². The van der Waals surface area contributed by atoms with Crippen molar-refractivity contribution in [1.29, 1.82) is 0 Å². The molecule has 0 bridgehead atoms. The SMILES string of the molecule is CCCCCCc1cc(CC(=O)O)ccc1-c1ccccc1C(=O)O. The zero-order chi connectivity index (χ0) is 18.2. The first-order valence-electron chi connectivity index (χ1n) is 8.69. The zero-order valence-corrected chi connectivity index (χ0v) is 14.5. The Hall–Kier alpha value is -2.62. The van der Waals surface area contributed by atoms with Crippen LogP contribution in [-0.2, 0) is 17.6 Å². The Morgan fingerprint density at radius 3 is 2.36 bits per heavy atom. The van der Waals surface area contributed by atoms with Crippen molar-refractivity contribution in [1.82, 2.24) is 0 Å². The van der Waals surface area contributed by atoms with Crippen LogP contribution in [0, 0.1) is 0 Å². The van der Waals surface area contributed by atoms with Crippen LogP contribution < -0.4 is 0 Å². The number of aromatic carboxylic acids is 1. The zero-order valence-electron chi connectivity index (χ0n) is 14.5. The van der Waals surface area contributed by atoms with Crippen LogP contribution in [0.15, 0.2) is 42.5 Å². The van der Waals surface area contributed by atoms with Gasteiger partial charge in [-0.15, -0.1) is 0 Å². The van der Waals surface area contributed by atoms with Crippen LogP contribution in [0.1, 0.15) is 54.1 Å². The smallest absolute Gasteiger partial charge is 0.336 e. The maximum atomic E-state index is 11.5. The van der Waals surface area contributed by atoms with Gasteiger partial charge >= 0.3 is 11.9 Å². The predicted molar refractivity (Wildman–Crippen MR) is 98.0 cm³/mol. The van der Waals surface area contributed by atoms with E-state index in [4.69, 9.17) is 5.11 Å². The second-order valence-corrected chi connectivity index (χ2v) is 6.22. The Morgan fingerprint density at radius 1 is 0.920 bits per heavy atom. The fourth-order valence-corrected chi connectivity index (χ4v) is 3.05. The summed E-state index contributed by atoms with van der Waals surface area (Å²) < 4.78 is 0. The van der Waals surface area contributed by atoms with Gasteiger partial charge in [-0.25, -0.2) is 4.79 Å². The van der Waals surface area contributed by atoms with E-state index in [2.05, 4.69) is 6.92 Å². The van der Waals surface area contributed by atoms with Crippen molar-refractivity contribution in [2.45, 2.75) is 45.4 Å². The van der Waals surface area contributed by atoms with Gasteiger partial charge in [0.2, 0.25) is 0 Å².